The minimum Gasteiger partial charge on any atom is -0.493 e. The molecule has 7 nitrogen and oxygen atoms in total. The summed E-state index contributed by atoms with van der Waals surface area (Å²) in [5.41, 5.74) is 3.96. The first kappa shape index (κ1) is 22.2. The molecule has 0 fully saturated rings. The number of benzene rings is 2. The zero-order valence-electron chi connectivity index (χ0n) is 18.3. The predicted octanol–water partition coefficient (Wildman–Crippen LogP) is 4.48. The molecule has 0 aliphatic rings. The Morgan fingerprint density at radius 1 is 1.12 bits per heavy atom. The second-order valence-electron chi connectivity index (χ2n) is 7.38. The highest BCUT2D eigenvalue weighted by Crippen LogP contribution is 2.30. The van der Waals surface area contributed by atoms with Crippen LogP contribution < -0.4 is 14.8 Å². The number of aromatic nitrogens is 3. The summed E-state index contributed by atoms with van der Waals surface area (Å²) < 4.78 is 36.3. The first-order chi connectivity index (χ1) is 15.9. The fraction of sp³-hybridized carbons (Fsp3) is 0.208. The van der Waals surface area contributed by atoms with Crippen LogP contribution in [0.1, 0.15) is 21.6 Å². The largest absolute Gasteiger partial charge is 0.493 e. The number of nitrogens with zero attached hydrogens (tertiary/aromatic N) is 3. The van der Waals surface area contributed by atoms with Crippen LogP contribution in [0.4, 0.5) is 8.78 Å². The van der Waals surface area contributed by atoms with Gasteiger partial charge in [-0.05, 0) is 30.7 Å². The second kappa shape index (κ2) is 9.23. The van der Waals surface area contributed by atoms with Crippen LogP contribution in [0.2, 0.25) is 0 Å². The third-order valence-electron chi connectivity index (χ3n) is 5.18. The first-order valence-corrected chi connectivity index (χ1v) is 10.2. The standard InChI is InChI=1S/C24H22F2N4O3/c1-14-21-17(12-18(16-7-5-4-6-8-16)28-22(21)30(2)29-14)23(31)27-13-15-9-10-19(33-24(25)26)20(11-15)32-3/h4-12,24H,13H2,1-3H3,(H,27,31). The van der Waals surface area contributed by atoms with Crippen molar-refractivity contribution in [1.82, 2.24) is 20.1 Å². The molecule has 1 N–H and O–H groups in total. The van der Waals surface area contributed by atoms with Crippen LogP contribution in [0, 0.1) is 6.92 Å². The summed E-state index contributed by atoms with van der Waals surface area (Å²) in [7, 11) is 3.15. The first-order valence-electron chi connectivity index (χ1n) is 10.2. The molecule has 0 saturated carbocycles. The number of carbonyl (C=O) groups is 1. The van der Waals surface area contributed by atoms with Gasteiger partial charge in [-0.1, -0.05) is 36.4 Å². The molecule has 0 atom stereocenters. The topological polar surface area (TPSA) is 78.3 Å². The SMILES string of the molecule is COc1cc(CNC(=O)c2cc(-c3ccccc3)nc3c2c(C)nn3C)ccc1OC(F)F. The molecule has 9 heteroatoms. The number of ether oxygens (including phenoxy) is 2. The summed E-state index contributed by atoms with van der Waals surface area (Å²) in [4.78, 5) is 17.9. The summed E-state index contributed by atoms with van der Waals surface area (Å²) in [5, 5.41) is 7.98. The number of nitrogens with one attached hydrogen (secondary N) is 1. The Bertz CT molecular complexity index is 1310. The zero-order valence-corrected chi connectivity index (χ0v) is 18.3. The van der Waals surface area contributed by atoms with E-state index in [-0.39, 0.29) is 24.0 Å². The van der Waals surface area contributed by atoms with Crippen LogP contribution in [0.3, 0.4) is 0 Å². The maximum atomic E-state index is 13.2. The summed E-state index contributed by atoms with van der Waals surface area (Å²) >= 11 is 0. The number of amides is 1. The summed E-state index contributed by atoms with van der Waals surface area (Å²) in [6.07, 6.45) is 0. The number of aryl methyl sites for hydroxylation is 2. The molecule has 0 bridgehead atoms. The van der Waals surface area contributed by atoms with E-state index >= 15 is 0 Å². The lowest BCUT2D eigenvalue weighted by Crippen LogP contribution is -2.23. The molecule has 2 aromatic carbocycles. The van der Waals surface area contributed by atoms with Crippen molar-refractivity contribution in [2.75, 3.05) is 7.11 Å². The molecular weight excluding hydrogens is 430 g/mol. The predicted molar refractivity (Wildman–Crippen MR) is 119 cm³/mol. The molecule has 4 aromatic rings. The van der Waals surface area contributed by atoms with E-state index in [0.717, 1.165) is 5.56 Å². The number of fused-ring (bicyclic) bond motifs is 1. The molecular formula is C24H22F2N4O3. The molecule has 33 heavy (non-hydrogen) atoms. The smallest absolute Gasteiger partial charge is 0.387 e. The molecule has 2 aromatic heterocycles. The monoisotopic (exact) mass is 452 g/mol. The molecule has 0 spiro atoms. The molecule has 1 amide bonds. The van der Waals surface area contributed by atoms with Crippen molar-refractivity contribution in [3.8, 4) is 22.8 Å². The average Bonchev–Trinajstić information content (AvgIpc) is 3.11. The van der Waals surface area contributed by atoms with E-state index in [9.17, 15) is 13.6 Å². The summed E-state index contributed by atoms with van der Waals surface area (Å²) in [5.74, 6) is -0.220. The van der Waals surface area contributed by atoms with Crippen molar-refractivity contribution >= 4 is 16.9 Å². The third kappa shape index (κ3) is 4.62. The third-order valence-corrected chi connectivity index (χ3v) is 5.18. The fourth-order valence-corrected chi connectivity index (χ4v) is 3.67. The van der Waals surface area contributed by atoms with Crippen molar-refractivity contribution in [2.24, 2.45) is 7.05 Å². The zero-order chi connectivity index (χ0) is 23.5. The van der Waals surface area contributed by atoms with Crippen LogP contribution >= 0.6 is 0 Å². The highest BCUT2D eigenvalue weighted by Gasteiger charge is 2.19. The van der Waals surface area contributed by atoms with Crippen LogP contribution in [0.25, 0.3) is 22.3 Å². The van der Waals surface area contributed by atoms with Gasteiger partial charge in [0.05, 0.1) is 29.4 Å². The van der Waals surface area contributed by atoms with Gasteiger partial charge in [-0.2, -0.15) is 13.9 Å². The summed E-state index contributed by atoms with van der Waals surface area (Å²) in [6.45, 7) is -0.969. The van der Waals surface area contributed by atoms with Crippen molar-refractivity contribution in [2.45, 2.75) is 20.1 Å². The molecule has 0 aliphatic carbocycles. The van der Waals surface area contributed by atoms with Gasteiger partial charge in [0, 0.05) is 19.2 Å². The van der Waals surface area contributed by atoms with E-state index in [1.54, 1.807) is 29.9 Å². The maximum Gasteiger partial charge on any atom is 0.387 e. The number of alkyl halides is 2. The molecule has 0 radical (unpaired) electrons. The normalized spacial score (nSPS) is 11.1. The lowest BCUT2D eigenvalue weighted by molar-refractivity contribution is -0.0512. The van der Waals surface area contributed by atoms with E-state index in [2.05, 4.69) is 15.2 Å². The Kier molecular flexibility index (Phi) is 6.21. The van der Waals surface area contributed by atoms with Gasteiger partial charge >= 0.3 is 6.61 Å². The number of halogens is 2. The molecule has 0 saturated heterocycles. The Hall–Kier alpha value is -4.01. The fourth-order valence-electron chi connectivity index (χ4n) is 3.67. The Balaban J connectivity index is 1.64. The molecule has 2 heterocycles. The number of hydrogen-bond donors (Lipinski definition) is 1. The lowest BCUT2D eigenvalue weighted by Gasteiger charge is -2.12. The van der Waals surface area contributed by atoms with Crippen molar-refractivity contribution < 1.29 is 23.0 Å². The molecule has 170 valence electrons. The van der Waals surface area contributed by atoms with Gasteiger partial charge in [-0.3, -0.25) is 9.48 Å². The van der Waals surface area contributed by atoms with Crippen molar-refractivity contribution in [3.05, 3.63) is 71.4 Å². The van der Waals surface area contributed by atoms with Crippen LogP contribution in [0.15, 0.2) is 54.6 Å². The molecule has 0 aliphatic heterocycles. The second-order valence-corrected chi connectivity index (χ2v) is 7.38. The van der Waals surface area contributed by atoms with Gasteiger partial charge < -0.3 is 14.8 Å². The molecule has 4 rings (SSSR count). The van der Waals surface area contributed by atoms with Crippen molar-refractivity contribution in [1.29, 1.82) is 0 Å². The van der Waals surface area contributed by atoms with E-state index in [1.807, 2.05) is 37.3 Å². The highest BCUT2D eigenvalue weighted by atomic mass is 19.3. The minimum atomic E-state index is -2.96. The minimum absolute atomic E-state index is 0.0723. The van der Waals surface area contributed by atoms with E-state index in [4.69, 9.17) is 9.72 Å². The van der Waals surface area contributed by atoms with Crippen molar-refractivity contribution in [3.63, 3.8) is 0 Å². The average molecular weight is 452 g/mol. The van der Waals surface area contributed by atoms with Gasteiger partial charge in [0.1, 0.15) is 0 Å². The van der Waals surface area contributed by atoms with E-state index in [1.165, 1.54) is 13.2 Å². The number of carbonyl (C=O) groups excluding carboxylic acids is 1. The van der Waals surface area contributed by atoms with E-state index < -0.39 is 6.61 Å². The molecule has 0 unspecified atom stereocenters. The summed E-state index contributed by atoms with van der Waals surface area (Å²) in [6, 6.07) is 15.9. The van der Waals surface area contributed by atoms with Gasteiger partial charge in [0.2, 0.25) is 0 Å². The van der Waals surface area contributed by atoms with Gasteiger partial charge in [-0.25, -0.2) is 4.98 Å². The maximum absolute atomic E-state index is 13.2. The quantitative estimate of drug-likeness (QED) is 0.447. The van der Waals surface area contributed by atoms with Gasteiger partial charge in [-0.15, -0.1) is 0 Å². The van der Waals surface area contributed by atoms with E-state index in [0.29, 0.717) is 33.5 Å². The van der Waals surface area contributed by atoms with Gasteiger partial charge in [0.25, 0.3) is 5.91 Å². The van der Waals surface area contributed by atoms with Crippen LogP contribution in [-0.4, -0.2) is 34.4 Å². The Morgan fingerprint density at radius 3 is 2.58 bits per heavy atom. The highest BCUT2D eigenvalue weighted by molar-refractivity contribution is 6.07. The van der Waals surface area contributed by atoms with Gasteiger partial charge in [0.15, 0.2) is 17.1 Å². The van der Waals surface area contributed by atoms with Crippen LogP contribution in [-0.2, 0) is 13.6 Å². The number of pyridine rings is 1. The number of rotatable bonds is 7. The number of hydrogen-bond acceptors (Lipinski definition) is 5. The lowest BCUT2D eigenvalue weighted by atomic mass is 10.0. The van der Waals surface area contributed by atoms with Crippen LogP contribution in [0.5, 0.6) is 11.5 Å². The Morgan fingerprint density at radius 2 is 1.88 bits per heavy atom. The number of methoxy groups -OCH3 is 1. The Labute approximate surface area is 189 Å².